The van der Waals surface area contributed by atoms with E-state index in [-0.39, 0.29) is 23.8 Å². The minimum absolute atomic E-state index is 0.0470. The van der Waals surface area contributed by atoms with E-state index in [1.165, 1.54) is 6.07 Å². The van der Waals surface area contributed by atoms with Crippen LogP contribution in [-0.4, -0.2) is 38.1 Å². The van der Waals surface area contributed by atoms with Crippen LogP contribution < -0.4 is 21.5 Å². The molecule has 0 aliphatic heterocycles. The highest BCUT2D eigenvalue weighted by molar-refractivity contribution is 7.99. The molecule has 0 bridgehead atoms. The van der Waals surface area contributed by atoms with Crippen LogP contribution in [-0.2, 0) is 0 Å². The molecule has 0 aliphatic rings. The first-order valence-electron chi connectivity index (χ1n) is 6.14. The minimum Gasteiger partial charge on any atom is -0.461 e. The van der Waals surface area contributed by atoms with Crippen LogP contribution in [0.2, 0.25) is 0 Å². The molecule has 112 valence electrons. The van der Waals surface area contributed by atoms with Crippen LogP contribution in [0.5, 0.6) is 6.01 Å². The molecule has 0 atom stereocenters. The number of nitrogens with zero attached hydrogens (tertiary/aromatic N) is 5. The smallest absolute Gasteiger partial charge is 0.322 e. The van der Waals surface area contributed by atoms with Gasteiger partial charge in [0.15, 0.2) is 5.16 Å². The van der Waals surface area contributed by atoms with Gasteiger partial charge in [0.25, 0.3) is 0 Å². The van der Waals surface area contributed by atoms with Crippen LogP contribution >= 0.6 is 11.8 Å². The van der Waals surface area contributed by atoms with E-state index in [9.17, 15) is 0 Å². The van der Waals surface area contributed by atoms with E-state index in [0.717, 1.165) is 11.8 Å². The predicted octanol–water partition coefficient (Wildman–Crippen LogP) is 0.806. The lowest BCUT2D eigenvalue weighted by molar-refractivity contribution is 0.219. The van der Waals surface area contributed by atoms with E-state index in [0.29, 0.717) is 16.3 Å². The Morgan fingerprint density at radius 1 is 1.05 bits per heavy atom. The molecule has 21 heavy (non-hydrogen) atoms. The number of anilines is 3. The highest BCUT2D eigenvalue weighted by Gasteiger charge is 2.12. The van der Waals surface area contributed by atoms with Crippen molar-refractivity contribution in [1.29, 1.82) is 0 Å². The van der Waals surface area contributed by atoms with Crippen LogP contribution in [0.25, 0.3) is 0 Å². The third kappa shape index (κ3) is 4.31. The molecule has 0 radical (unpaired) electrons. The second kappa shape index (κ2) is 6.39. The molecule has 0 saturated carbocycles. The zero-order valence-electron chi connectivity index (χ0n) is 11.9. The summed E-state index contributed by atoms with van der Waals surface area (Å²) in [4.78, 5) is 20.6. The van der Waals surface area contributed by atoms with Crippen LogP contribution in [0.1, 0.15) is 13.8 Å². The van der Waals surface area contributed by atoms with Gasteiger partial charge in [-0.05, 0) is 25.6 Å². The predicted molar refractivity (Wildman–Crippen MR) is 80.1 cm³/mol. The maximum absolute atomic E-state index is 5.63. The number of ether oxygens (including phenoxy) is 1. The van der Waals surface area contributed by atoms with Crippen molar-refractivity contribution in [3.8, 4) is 6.01 Å². The summed E-state index contributed by atoms with van der Waals surface area (Å²) in [6.07, 6.45) is -0.0470. The molecule has 2 aromatic heterocycles. The van der Waals surface area contributed by atoms with Crippen LogP contribution in [0.3, 0.4) is 0 Å². The van der Waals surface area contributed by atoms with Crippen molar-refractivity contribution in [2.45, 2.75) is 30.3 Å². The van der Waals surface area contributed by atoms with E-state index in [4.69, 9.17) is 16.2 Å². The molecular formula is C11H16N8OS. The van der Waals surface area contributed by atoms with Gasteiger partial charge in [-0.3, -0.25) is 0 Å². The summed E-state index contributed by atoms with van der Waals surface area (Å²) in [6.45, 7) is 3.77. The average Bonchev–Trinajstić information content (AvgIpc) is 2.36. The van der Waals surface area contributed by atoms with Gasteiger partial charge in [0.2, 0.25) is 11.1 Å². The second-order valence-corrected chi connectivity index (χ2v) is 5.18. The quantitative estimate of drug-likeness (QED) is 0.680. The second-order valence-electron chi connectivity index (χ2n) is 4.24. The summed E-state index contributed by atoms with van der Waals surface area (Å²) in [6, 6.07) is 1.70. The fourth-order valence-electron chi connectivity index (χ4n) is 1.35. The Morgan fingerprint density at radius 3 is 2.24 bits per heavy atom. The van der Waals surface area contributed by atoms with Crippen LogP contribution in [0.15, 0.2) is 16.4 Å². The van der Waals surface area contributed by atoms with Crippen molar-refractivity contribution in [3.05, 3.63) is 6.07 Å². The Labute approximate surface area is 126 Å². The van der Waals surface area contributed by atoms with Gasteiger partial charge < -0.3 is 21.5 Å². The molecule has 2 heterocycles. The summed E-state index contributed by atoms with van der Waals surface area (Å²) in [7, 11) is 1.71. The average molecular weight is 308 g/mol. The highest BCUT2D eigenvalue weighted by Crippen LogP contribution is 2.25. The van der Waals surface area contributed by atoms with Crippen molar-refractivity contribution >= 4 is 29.3 Å². The Kier molecular flexibility index (Phi) is 4.58. The van der Waals surface area contributed by atoms with Gasteiger partial charge in [-0.2, -0.15) is 15.0 Å². The number of hydrogen-bond donors (Lipinski definition) is 3. The summed E-state index contributed by atoms with van der Waals surface area (Å²) in [5.74, 6) is 0.957. The normalized spacial score (nSPS) is 10.7. The molecule has 10 heteroatoms. The number of aromatic nitrogens is 5. The Hall–Kier alpha value is -2.36. The van der Waals surface area contributed by atoms with E-state index >= 15 is 0 Å². The lowest BCUT2D eigenvalue weighted by atomic mass is 10.5. The molecule has 2 rings (SSSR count). The first-order valence-corrected chi connectivity index (χ1v) is 6.96. The fraction of sp³-hybridized carbons (Fsp3) is 0.364. The number of nitrogens with two attached hydrogens (primary N) is 2. The summed E-state index contributed by atoms with van der Waals surface area (Å²) >= 11 is 1.12. The first-order chi connectivity index (χ1) is 9.96. The highest BCUT2D eigenvalue weighted by atomic mass is 32.2. The zero-order chi connectivity index (χ0) is 15.4. The largest absolute Gasteiger partial charge is 0.461 e. The van der Waals surface area contributed by atoms with Crippen molar-refractivity contribution in [2.24, 2.45) is 0 Å². The molecule has 0 amide bonds. The topological polar surface area (TPSA) is 138 Å². The third-order valence-electron chi connectivity index (χ3n) is 2.09. The van der Waals surface area contributed by atoms with E-state index in [2.05, 4.69) is 30.2 Å². The zero-order valence-corrected chi connectivity index (χ0v) is 12.7. The molecule has 0 aliphatic carbocycles. The van der Waals surface area contributed by atoms with Crippen LogP contribution in [0.4, 0.5) is 17.6 Å². The standard InChI is InChI=1S/C11H16N8OS/c1-5(2)20-9-17-8(14-3)18-11(19-9)21-10-15-6(12)4-7(13)16-10/h4-5H,1-3H3,(H4,12,13,15,16)(H,14,17,18,19). The molecule has 2 aromatic rings. The lowest BCUT2D eigenvalue weighted by Crippen LogP contribution is -2.11. The monoisotopic (exact) mass is 308 g/mol. The molecule has 0 fully saturated rings. The van der Waals surface area contributed by atoms with Gasteiger partial charge in [-0.25, -0.2) is 9.97 Å². The number of nitrogens with one attached hydrogen (secondary N) is 1. The molecule has 5 N–H and O–H groups in total. The Morgan fingerprint density at radius 2 is 1.67 bits per heavy atom. The number of nitrogen functional groups attached to an aromatic ring is 2. The van der Waals surface area contributed by atoms with Gasteiger partial charge in [0.05, 0.1) is 6.10 Å². The molecule has 9 nitrogen and oxygen atoms in total. The van der Waals surface area contributed by atoms with Crippen molar-refractivity contribution < 1.29 is 4.74 Å². The van der Waals surface area contributed by atoms with Gasteiger partial charge in [-0.1, -0.05) is 0 Å². The van der Waals surface area contributed by atoms with Crippen molar-refractivity contribution in [1.82, 2.24) is 24.9 Å². The van der Waals surface area contributed by atoms with E-state index in [1.807, 2.05) is 13.8 Å². The summed E-state index contributed by atoms with van der Waals surface area (Å²) in [5, 5.41) is 3.59. The van der Waals surface area contributed by atoms with Crippen molar-refractivity contribution in [2.75, 3.05) is 23.8 Å². The summed E-state index contributed by atoms with van der Waals surface area (Å²) in [5.41, 5.74) is 11.3. The van der Waals surface area contributed by atoms with Gasteiger partial charge in [-0.15, -0.1) is 0 Å². The molecule has 0 aromatic carbocycles. The van der Waals surface area contributed by atoms with Gasteiger partial charge in [0, 0.05) is 13.1 Å². The van der Waals surface area contributed by atoms with Gasteiger partial charge in [0.1, 0.15) is 11.6 Å². The first kappa shape index (κ1) is 15.0. The third-order valence-corrected chi connectivity index (χ3v) is 2.82. The SMILES string of the molecule is CNc1nc(OC(C)C)nc(Sc2nc(N)cc(N)n2)n1. The molecule has 0 spiro atoms. The maximum atomic E-state index is 5.63. The maximum Gasteiger partial charge on any atom is 0.322 e. The molecule has 0 saturated heterocycles. The Bertz CT molecular complexity index is 615. The Balaban J connectivity index is 2.29. The van der Waals surface area contributed by atoms with E-state index in [1.54, 1.807) is 7.05 Å². The van der Waals surface area contributed by atoms with Gasteiger partial charge >= 0.3 is 6.01 Å². The minimum atomic E-state index is -0.0470. The molecular weight excluding hydrogens is 292 g/mol. The van der Waals surface area contributed by atoms with Crippen molar-refractivity contribution in [3.63, 3.8) is 0 Å². The summed E-state index contributed by atoms with van der Waals surface area (Å²) < 4.78 is 5.48. The number of rotatable bonds is 5. The lowest BCUT2D eigenvalue weighted by Gasteiger charge is -2.09. The fourth-order valence-corrected chi connectivity index (χ4v) is 2.07. The molecule has 0 unspecified atom stereocenters. The van der Waals surface area contributed by atoms with Crippen LogP contribution in [0, 0.1) is 0 Å². The van der Waals surface area contributed by atoms with E-state index < -0.39 is 0 Å². The number of hydrogen-bond acceptors (Lipinski definition) is 10.